The maximum atomic E-state index is 13.0. The highest BCUT2D eigenvalue weighted by Crippen LogP contribution is 2.23. The van der Waals surface area contributed by atoms with Gasteiger partial charge in [-0.1, -0.05) is 41.9 Å². The molecule has 154 valence electrons. The third-order valence-electron chi connectivity index (χ3n) is 4.73. The van der Waals surface area contributed by atoms with Crippen molar-refractivity contribution in [1.82, 2.24) is 0 Å². The third-order valence-corrected chi connectivity index (χ3v) is 5.14. The Morgan fingerprint density at radius 2 is 1.70 bits per heavy atom. The molecule has 0 aromatic heterocycles. The molecule has 6 heteroatoms. The summed E-state index contributed by atoms with van der Waals surface area (Å²) in [6.07, 6.45) is 0. The third kappa shape index (κ3) is 5.19. The van der Waals surface area contributed by atoms with E-state index < -0.39 is 0 Å². The van der Waals surface area contributed by atoms with Crippen LogP contribution in [-0.4, -0.2) is 24.9 Å². The Morgan fingerprint density at radius 1 is 0.967 bits per heavy atom. The van der Waals surface area contributed by atoms with Crippen LogP contribution >= 0.6 is 11.6 Å². The molecule has 30 heavy (non-hydrogen) atoms. The molecule has 0 fully saturated rings. The molecule has 0 saturated carbocycles. The van der Waals surface area contributed by atoms with Crippen LogP contribution in [0.25, 0.3) is 0 Å². The lowest BCUT2D eigenvalue weighted by Gasteiger charge is -2.21. The van der Waals surface area contributed by atoms with Gasteiger partial charge in [-0.2, -0.15) is 0 Å². The zero-order chi connectivity index (χ0) is 21.5. The molecule has 3 aromatic rings. The van der Waals surface area contributed by atoms with Crippen LogP contribution in [0.3, 0.4) is 0 Å². The molecule has 0 aliphatic heterocycles. The summed E-state index contributed by atoms with van der Waals surface area (Å²) in [5, 5.41) is 6.52. The van der Waals surface area contributed by atoms with Gasteiger partial charge in [0.1, 0.15) is 0 Å². The normalized spacial score (nSPS) is 10.4. The number of amides is 2. The predicted molar refractivity (Wildman–Crippen MR) is 124 cm³/mol. The van der Waals surface area contributed by atoms with Crippen LogP contribution in [0.5, 0.6) is 0 Å². The number of carbonyl (C=O) groups is 2. The van der Waals surface area contributed by atoms with Crippen molar-refractivity contribution >= 4 is 40.5 Å². The molecule has 2 amide bonds. The summed E-state index contributed by atoms with van der Waals surface area (Å²) in [5.74, 6) is -0.289. The fourth-order valence-corrected chi connectivity index (χ4v) is 3.26. The van der Waals surface area contributed by atoms with E-state index >= 15 is 0 Å². The van der Waals surface area contributed by atoms with E-state index in [-0.39, 0.29) is 18.4 Å². The maximum absolute atomic E-state index is 13.0. The standard InChI is InChI=1S/C24H24ClN3O2/c1-3-28(20-11-5-4-6-12-20)24(30)18-9-7-10-19(15-18)26-16-23(29)27-22-14-8-13-21(25)17(22)2/h4-15,26H,3,16H2,1-2H3,(H,27,29). The average Bonchev–Trinajstić information content (AvgIpc) is 2.77. The van der Waals surface area contributed by atoms with Crippen LogP contribution in [0.2, 0.25) is 5.02 Å². The van der Waals surface area contributed by atoms with Crippen LogP contribution in [-0.2, 0) is 4.79 Å². The molecule has 0 aliphatic carbocycles. The average molecular weight is 422 g/mol. The van der Waals surface area contributed by atoms with Gasteiger partial charge in [0.15, 0.2) is 0 Å². The molecule has 3 rings (SSSR count). The van der Waals surface area contributed by atoms with Crippen LogP contribution < -0.4 is 15.5 Å². The van der Waals surface area contributed by atoms with Crippen molar-refractivity contribution in [3.05, 3.63) is 88.9 Å². The van der Waals surface area contributed by atoms with E-state index in [0.29, 0.717) is 28.5 Å². The van der Waals surface area contributed by atoms with Crippen molar-refractivity contribution in [2.24, 2.45) is 0 Å². The fraction of sp³-hybridized carbons (Fsp3) is 0.167. The van der Waals surface area contributed by atoms with Gasteiger partial charge in [0.05, 0.1) is 6.54 Å². The Hall–Kier alpha value is -3.31. The van der Waals surface area contributed by atoms with E-state index in [1.54, 1.807) is 41.3 Å². The first kappa shape index (κ1) is 21.4. The molecule has 0 saturated heterocycles. The molecule has 0 heterocycles. The van der Waals surface area contributed by atoms with Crippen LogP contribution in [0.1, 0.15) is 22.8 Å². The smallest absolute Gasteiger partial charge is 0.258 e. The van der Waals surface area contributed by atoms with Crippen molar-refractivity contribution in [2.45, 2.75) is 13.8 Å². The van der Waals surface area contributed by atoms with E-state index in [0.717, 1.165) is 11.3 Å². The van der Waals surface area contributed by atoms with Gasteiger partial charge in [0.25, 0.3) is 5.91 Å². The van der Waals surface area contributed by atoms with Gasteiger partial charge >= 0.3 is 0 Å². The first-order valence-electron chi connectivity index (χ1n) is 9.75. The summed E-state index contributed by atoms with van der Waals surface area (Å²) in [6, 6.07) is 22.1. The van der Waals surface area contributed by atoms with Gasteiger partial charge in [0.2, 0.25) is 5.91 Å². The highest BCUT2D eigenvalue weighted by molar-refractivity contribution is 6.31. The highest BCUT2D eigenvalue weighted by Gasteiger charge is 2.16. The summed E-state index contributed by atoms with van der Waals surface area (Å²) in [6.45, 7) is 4.42. The minimum atomic E-state index is -0.198. The number of anilines is 3. The van der Waals surface area contributed by atoms with Gasteiger partial charge in [-0.05, 0) is 61.9 Å². The Kier molecular flexibility index (Phi) is 7.09. The van der Waals surface area contributed by atoms with Crippen molar-refractivity contribution in [3.63, 3.8) is 0 Å². The molecule has 0 unspecified atom stereocenters. The lowest BCUT2D eigenvalue weighted by Crippen LogP contribution is -2.30. The molecular weight excluding hydrogens is 398 g/mol. The molecule has 0 atom stereocenters. The lowest BCUT2D eigenvalue weighted by atomic mass is 10.1. The predicted octanol–water partition coefficient (Wildman–Crippen LogP) is 5.37. The quantitative estimate of drug-likeness (QED) is 0.539. The summed E-state index contributed by atoms with van der Waals surface area (Å²) in [5.41, 5.74) is 3.60. The first-order chi connectivity index (χ1) is 14.5. The van der Waals surface area contributed by atoms with Crippen LogP contribution in [0, 0.1) is 6.92 Å². The molecule has 2 N–H and O–H groups in total. The fourth-order valence-electron chi connectivity index (χ4n) is 3.09. The topological polar surface area (TPSA) is 61.4 Å². The Morgan fingerprint density at radius 3 is 2.43 bits per heavy atom. The SMILES string of the molecule is CCN(C(=O)c1cccc(NCC(=O)Nc2cccc(Cl)c2C)c1)c1ccccc1. The number of halogens is 1. The van der Waals surface area contributed by atoms with Crippen molar-refractivity contribution < 1.29 is 9.59 Å². The van der Waals surface area contributed by atoms with Crippen molar-refractivity contribution in [3.8, 4) is 0 Å². The van der Waals surface area contributed by atoms with Gasteiger partial charge in [-0.3, -0.25) is 9.59 Å². The number of benzene rings is 3. The van der Waals surface area contributed by atoms with E-state index in [1.165, 1.54) is 0 Å². The van der Waals surface area contributed by atoms with Crippen LogP contribution in [0.4, 0.5) is 17.1 Å². The minimum absolute atomic E-state index is 0.0692. The second-order valence-electron chi connectivity index (χ2n) is 6.78. The molecule has 0 bridgehead atoms. The van der Waals surface area contributed by atoms with E-state index in [1.807, 2.05) is 50.2 Å². The number of hydrogen-bond acceptors (Lipinski definition) is 3. The number of nitrogens with zero attached hydrogens (tertiary/aromatic N) is 1. The molecule has 3 aromatic carbocycles. The maximum Gasteiger partial charge on any atom is 0.258 e. The summed E-state index contributed by atoms with van der Waals surface area (Å²) in [4.78, 5) is 27.0. The summed E-state index contributed by atoms with van der Waals surface area (Å²) >= 11 is 6.10. The molecular formula is C24H24ClN3O2. The Bertz CT molecular complexity index is 1040. The van der Waals surface area contributed by atoms with Crippen LogP contribution in [0.15, 0.2) is 72.8 Å². The van der Waals surface area contributed by atoms with E-state index in [9.17, 15) is 9.59 Å². The van der Waals surface area contributed by atoms with Gasteiger partial charge < -0.3 is 15.5 Å². The number of nitrogens with one attached hydrogen (secondary N) is 2. The number of hydrogen-bond donors (Lipinski definition) is 2. The van der Waals surface area contributed by atoms with Crippen molar-refractivity contribution in [1.29, 1.82) is 0 Å². The molecule has 0 radical (unpaired) electrons. The molecule has 5 nitrogen and oxygen atoms in total. The molecule has 0 spiro atoms. The summed E-state index contributed by atoms with van der Waals surface area (Å²) in [7, 11) is 0. The minimum Gasteiger partial charge on any atom is -0.376 e. The molecule has 0 aliphatic rings. The summed E-state index contributed by atoms with van der Waals surface area (Å²) < 4.78 is 0. The Labute approximate surface area is 181 Å². The number of para-hydroxylation sites is 1. The van der Waals surface area contributed by atoms with Crippen molar-refractivity contribution in [2.75, 3.05) is 28.6 Å². The Balaban J connectivity index is 1.66. The van der Waals surface area contributed by atoms with Gasteiger partial charge in [-0.25, -0.2) is 0 Å². The second-order valence-corrected chi connectivity index (χ2v) is 7.19. The zero-order valence-corrected chi connectivity index (χ0v) is 17.7. The van der Waals surface area contributed by atoms with Gasteiger partial charge in [-0.15, -0.1) is 0 Å². The zero-order valence-electron chi connectivity index (χ0n) is 17.0. The second kappa shape index (κ2) is 9.94. The highest BCUT2D eigenvalue weighted by atomic mass is 35.5. The van der Waals surface area contributed by atoms with Gasteiger partial charge in [0, 0.05) is 34.2 Å². The first-order valence-corrected chi connectivity index (χ1v) is 10.1. The lowest BCUT2D eigenvalue weighted by molar-refractivity contribution is -0.114. The monoisotopic (exact) mass is 421 g/mol. The van der Waals surface area contributed by atoms with E-state index in [4.69, 9.17) is 11.6 Å². The number of carbonyl (C=O) groups excluding carboxylic acids is 2. The van der Waals surface area contributed by atoms with E-state index in [2.05, 4.69) is 10.6 Å². The largest absolute Gasteiger partial charge is 0.376 e. The number of rotatable bonds is 7.